The van der Waals surface area contributed by atoms with Crippen LogP contribution >= 0.6 is 0 Å². The van der Waals surface area contributed by atoms with Crippen molar-refractivity contribution in [2.24, 2.45) is 22.7 Å². The van der Waals surface area contributed by atoms with E-state index in [-0.39, 0.29) is 29.3 Å². The van der Waals surface area contributed by atoms with Crippen molar-refractivity contribution in [3.63, 3.8) is 0 Å². The number of rotatable bonds is 1. The normalized spacial score (nSPS) is 46.4. The molecule has 4 heteroatoms. The molecule has 0 unspecified atom stereocenters. The molecule has 0 amide bonds. The molecule has 0 radical (unpaired) electrons. The standard InChI is InChI=1S/C18H28O4/c1-9-6-13(22-10(2)19)15-14-11(9)7-12(20)16(21)18(14,5)8-17(15,3)4/h9,12-13,15-16,20-21H,6-8H2,1-5H3/t9-,12-,13+,15-,16+,18+/m1/s1. The topological polar surface area (TPSA) is 66.8 Å². The van der Waals surface area contributed by atoms with Gasteiger partial charge in [-0.15, -0.1) is 0 Å². The molecule has 0 aromatic heterocycles. The fourth-order valence-electron chi connectivity index (χ4n) is 5.71. The summed E-state index contributed by atoms with van der Waals surface area (Å²) in [5.74, 6) is 0.197. The third kappa shape index (κ3) is 2.07. The highest BCUT2D eigenvalue weighted by atomic mass is 16.5. The number of esters is 1. The van der Waals surface area contributed by atoms with Crippen LogP contribution in [-0.2, 0) is 9.53 Å². The van der Waals surface area contributed by atoms with Crippen molar-refractivity contribution in [1.82, 2.24) is 0 Å². The van der Waals surface area contributed by atoms with Gasteiger partial charge in [-0.3, -0.25) is 4.79 Å². The van der Waals surface area contributed by atoms with Crippen molar-refractivity contribution in [3.05, 3.63) is 11.1 Å². The maximum Gasteiger partial charge on any atom is 0.302 e. The van der Waals surface area contributed by atoms with Gasteiger partial charge in [0.1, 0.15) is 6.10 Å². The molecule has 4 nitrogen and oxygen atoms in total. The number of carbonyl (C=O) groups is 1. The van der Waals surface area contributed by atoms with Crippen molar-refractivity contribution in [2.45, 2.75) is 72.2 Å². The molecule has 0 aromatic rings. The second-order valence-corrected chi connectivity index (χ2v) is 8.50. The van der Waals surface area contributed by atoms with E-state index >= 15 is 0 Å². The van der Waals surface area contributed by atoms with Crippen molar-refractivity contribution < 1.29 is 19.7 Å². The number of hydrogen-bond donors (Lipinski definition) is 2. The zero-order valence-electron chi connectivity index (χ0n) is 14.2. The van der Waals surface area contributed by atoms with Crippen LogP contribution < -0.4 is 0 Å². The molecule has 0 bridgehead atoms. The zero-order chi connectivity index (χ0) is 16.4. The number of carbonyl (C=O) groups excluding carboxylic acids is 1. The molecule has 0 aliphatic heterocycles. The van der Waals surface area contributed by atoms with Crippen molar-refractivity contribution >= 4 is 5.97 Å². The van der Waals surface area contributed by atoms with Crippen LogP contribution in [0.3, 0.4) is 0 Å². The Labute approximate surface area is 132 Å². The predicted octanol–water partition coefficient (Wildman–Crippen LogP) is 2.43. The third-order valence-electron chi connectivity index (χ3n) is 6.25. The van der Waals surface area contributed by atoms with Gasteiger partial charge in [0.2, 0.25) is 0 Å². The number of aliphatic hydroxyl groups is 2. The SMILES string of the molecule is CC(=O)O[C@H]1C[C@@H](C)C2=C3[C@@H]1C(C)(C)C[C@]3(C)[C@@H](O)[C@H](O)C2. The average Bonchev–Trinajstić information content (AvgIpc) is 2.59. The largest absolute Gasteiger partial charge is 0.462 e. The summed E-state index contributed by atoms with van der Waals surface area (Å²) in [5, 5.41) is 21.0. The Hall–Kier alpha value is -0.870. The first-order valence-electron chi connectivity index (χ1n) is 8.34. The predicted molar refractivity (Wildman–Crippen MR) is 83.0 cm³/mol. The Morgan fingerprint density at radius 3 is 2.50 bits per heavy atom. The minimum Gasteiger partial charge on any atom is -0.462 e. The van der Waals surface area contributed by atoms with E-state index in [1.807, 2.05) is 0 Å². The Kier molecular flexibility index (Phi) is 3.50. The zero-order valence-corrected chi connectivity index (χ0v) is 14.2. The summed E-state index contributed by atoms with van der Waals surface area (Å²) in [4.78, 5) is 11.5. The maximum atomic E-state index is 11.5. The lowest BCUT2D eigenvalue weighted by molar-refractivity contribution is -0.151. The van der Waals surface area contributed by atoms with Crippen LogP contribution in [-0.4, -0.2) is 34.5 Å². The second kappa shape index (κ2) is 4.81. The van der Waals surface area contributed by atoms with Gasteiger partial charge in [0.25, 0.3) is 0 Å². The minimum atomic E-state index is -0.737. The lowest BCUT2D eigenvalue weighted by atomic mass is 9.62. The van der Waals surface area contributed by atoms with Crippen LogP contribution in [0.4, 0.5) is 0 Å². The van der Waals surface area contributed by atoms with Crippen LogP contribution in [0.15, 0.2) is 11.1 Å². The van der Waals surface area contributed by atoms with Crippen LogP contribution in [0.1, 0.15) is 53.9 Å². The molecule has 3 aliphatic carbocycles. The van der Waals surface area contributed by atoms with Crippen LogP contribution in [0.2, 0.25) is 0 Å². The highest BCUT2D eigenvalue weighted by Gasteiger charge is 2.62. The summed E-state index contributed by atoms with van der Waals surface area (Å²) >= 11 is 0. The molecule has 1 saturated carbocycles. The van der Waals surface area contributed by atoms with Crippen LogP contribution in [0, 0.1) is 22.7 Å². The summed E-state index contributed by atoms with van der Waals surface area (Å²) < 4.78 is 5.67. The highest BCUT2D eigenvalue weighted by Crippen LogP contribution is 2.65. The van der Waals surface area contributed by atoms with Crippen molar-refractivity contribution in [3.8, 4) is 0 Å². The van der Waals surface area contributed by atoms with E-state index in [4.69, 9.17) is 4.74 Å². The molecular weight excluding hydrogens is 280 g/mol. The van der Waals surface area contributed by atoms with E-state index < -0.39 is 17.6 Å². The highest BCUT2D eigenvalue weighted by molar-refractivity contribution is 5.66. The summed E-state index contributed by atoms with van der Waals surface area (Å²) in [6.45, 7) is 10.1. The number of ether oxygens (including phenoxy) is 1. The van der Waals surface area contributed by atoms with Crippen molar-refractivity contribution in [2.75, 3.05) is 0 Å². The smallest absolute Gasteiger partial charge is 0.302 e. The monoisotopic (exact) mass is 308 g/mol. The van der Waals surface area contributed by atoms with Gasteiger partial charge < -0.3 is 14.9 Å². The molecule has 2 N–H and O–H groups in total. The summed E-state index contributed by atoms with van der Waals surface area (Å²) in [5.41, 5.74) is 2.09. The Bertz CT molecular complexity index is 535. The van der Waals surface area contributed by atoms with E-state index in [2.05, 4.69) is 27.7 Å². The summed E-state index contributed by atoms with van der Waals surface area (Å²) in [6, 6.07) is 0. The summed E-state index contributed by atoms with van der Waals surface area (Å²) in [6.07, 6.45) is 0.625. The number of hydrogen-bond acceptors (Lipinski definition) is 4. The first-order valence-corrected chi connectivity index (χ1v) is 8.34. The molecule has 1 fully saturated rings. The Morgan fingerprint density at radius 1 is 1.27 bits per heavy atom. The summed E-state index contributed by atoms with van der Waals surface area (Å²) in [7, 11) is 0. The molecule has 0 aromatic carbocycles. The molecule has 6 atom stereocenters. The second-order valence-electron chi connectivity index (χ2n) is 8.50. The maximum absolute atomic E-state index is 11.5. The van der Waals surface area contributed by atoms with E-state index in [1.54, 1.807) is 0 Å². The molecular formula is C18H28O4. The fourth-order valence-corrected chi connectivity index (χ4v) is 5.71. The molecule has 3 rings (SSSR count). The van der Waals surface area contributed by atoms with E-state index in [0.29, 0.717) is 6.42 Å². The minimum absolute atomic E-state index is 0.0549. The van der Waals surface area contributed by atoms with Crippen LogP contribution in [0.5, 0.6) is 0 Å². The third-order valence-corrected chi connectivity index (χ3v) is 6.25. The first kappa shape index (κ1) is 16.0. The molecule has 0 spiro atoms. The fraction of sp³-hybridized carbons (Fsp3) is 0.833. The van der Waals surface area contributed by atoms with Crippen LogP contribution in [0.25, 0.3) is 0 Å². The Balaban J connectivity index is 2.14. The van der Waals surface area contributed by atoms with Gasteiger partial charge in [0, 0.05) is 18.3 Å². The quantitative estimate of drug-likeness (QED) is 0.577. The van der Waals surface area contributed by atoms with Gasteiger partial charge in [-0.2, -0.15) is 0 Å². The van der Waals surface area contributed by atoms with Gasteiger partial charge in [0.05, 0.1) is 12.2 Å². The van der Waals surface area contributed by atoms with E-state index in [0.717, 1.165) is 12.8 Å². The van der Waals surface area contributed by atoms with Crippen molar-refractivity contribution in [1.29, 1.82) is 0 Å². The lowest BCUT2D eigenvalue weighted by Gasteiger charge is -2.47. The molecule has 0 heterocycles. The van der Waals surface area contributed by atoms with E-state index in [9.17, 15) is 15.0 Å². The Morgan fingerprint density at radius 2 is 1.91 bits per heavy atom. The average molecular weight is 308 g/mol. The van der Waals surface area contributed by atoms with Gasteiger partial charge in [-0.05, 0) is 30.6 Å². The lowest BCUT2D eigenvalue weighted by Crippen LogP contribution is -2.49. The van der Waals surface area contributed by atoms with Gasteiger partial charge in [0.15, 0.2) is 0 Å². The van der Waals surface area contributed by atoms with E-state index in [1.165, 1.54) is 18.1 Å². The van der Waals surface area contributed by atoms with Gasteiger partial charge >= 0.3 is 5.97 Å². The molecule has 22 heavy (non-hydrogen) atoms. The number of aliphatic hydroxyl groups excluding tert-OH is 2. The van der Waals surface area contributed by atoms with Gasteiger partial charge in [-0.1, -0.05) is 38.8 Å². The molecule has 3 aliphatic rings. The first-order chi connectivity index (χ1) is 10.1. The molecule has 124 valence electrons. The van der Waals surface area contributed by atoms with Gasteiger partial charge in [-0.25, -0.2) is 0 Å². The molecule has 0 saturated heterocycles.